The van der Waals surface area contributed by atoms with E-state index in [2.05, 4.69) is 5.32 Å². The molecule has 0 aromatic heterocycles. The first-order chi connectivity index (χ1) is 10.6. The number of carbonyl (C=O) groups is 1. The first-order valence-electron chi connectivity index (χ1n) is 8.31. The lowest BCUT2D eigenvalue weighted by Crippen LogP contribution is -2.42. The number of aryl methyl sites for hydroxylation is 1. The third kappa shape index (κ3) is 5.68. The number of ether oxygens (including phenoxy) is 1. The molecule has 22 heavy (non-hydrogen) atoms. The third-order valence-electron chi connectivity index (χ3n) is 4.21. The van der Waals surface area contributed by atoms with E-state index >= 15 is 0 Å². The standard InChI is InChI=1S/C18H28N2O2/c1-15-8-6-7-11-17(15)22-13-12-20(2)14-18(21)19-16-9-4-3-5-10-16/h6-8,11,16H,3-5,9-10,12-14H2,1-2H3,(H,19,21). The number of carbonyl (C=O) groups excluding carboxylic acids is 1. The van der Waals surface area contributed by atoms with Gasteiger partial charge >= 0.3 is 0 Å². The first-order valence-corrected chi connectivity index (χ1v) is 8.31. The Morgan fingerprint density at radius 3 is 2.73 bits per heavy atom. The van der Waals surface area contributed by atoms with Gasteiger partial charge in [0.2, 0.25) is 5.91 Å². The van der Waals surface area contributed by atoms with Gasteiger partial charge < -0.3 is 10.1 Å². The molecule has 0 spiro atoms. The van der Waals surface area contributed by atoms with E-state index in [0.717, 1.165) is 30.7 Å². The highest BCUT2D eigenvalue weighted by atomic mass is 16.5. The SMILES string of the molecule is Cc1ccccc1OCCN(C)CC(=O)NC1CCCCC1. The predicted octanol–water partition coefficient (Wildman–Crippen LogP) is 2.75. The molecule has 1 aromatic rings. The van der Waals surface area contributed by atoms with Gasteiger partial charge in [-0.15, -0.1) is 0 Å². The van der Waals surface area contributed by atoms with Crippen molar-refractivity contribution >= 4 is 5.91 Å². The van der Waals surface area contributed by atoms with Gasteiger partial charge in [-0.25, -0.2) is 0 Å². The average Bonchev–Trinajstić information content (AvgIpc) is 2.50. The Hall–Kier alpha value is -1.55. The zero-order valence-corrected chi connectivity index (χ0v) is 13.8. The number of nitrogens with one attached hydrogen (secondary N) is 1. The van der Waals surface area contributed by atoms with Crippen molar-refractivity contribution in [2.24, 2.45) is 0 Å². The molecule has 0 radical (unpaired) electrons. The maximum Gasteiger partial charge on any atom is 0.234 e. The number of hydrogen-bond acceptors (Lipinski definition) is 3. The fourth-order valence-corrected chi connectivity index (χ4v) is 2.87. The van der Waals surface area contributed by atoms with Crippen LogP contribution >= 0.6 is 0 Å². The van der Waals surface area contributed by atoms with Crippen LogP contribution in [0.4, 0.5) is 0 Å². The number of para-hydroxylation sites is 1. The largest absolute Gasteiger partial charge is 0.492 e. The maximum atomic E-state index is 12.0. The maximum absolute atomic E-state index is 12.0. The number of hydrogen-bond donors (Lipinski definition) is 1. The minimum Gasteiger partial charge on any atom is -0.492 e. The molecule has 0 atom stereocenters. The zero-order chi connectivity index (χ0) is 15.8. The fraction of sp³-hybridized carbons (Fsp3) is 0.611. The molecule has 1 aromatic carbocycles. The van der Waals surface area contributed by atoms with E-state index in [1.165, 1.54) is 19.3 Å². The zero-order valence-electron chi connectivity index (χ0n) is 13.8. The van der Waals surface area contributed by atoms with Crippen LogP contribution < -0.4 is 10.1 Å². The smallest absolute Gasteiger partial charge is 0.234 e. The highest BCUT2D eigenvalue weighted by Gasteiger charge is 2.16. The van der Waals surface area contributed by atoms with Crippen molar-refractivity contribution in [2.45, 2.75) is 45.1 Å². The highest BCUT2D eigenvalue weighted by Crippen LogP contribution is 2.17. The molecule has 0 heterocycles. The van der Waals surface area contributed by atoms with Gasteiger partial charge in [0.05, 0.1) is 6.54 Å². The summed E-state index contributed by atoms with van der Waals surface area (Å²) in [5, 5.41) is 3.15. The van der Waals surface area contributed by atoms with E-state index in [1.54, 1.807) is 0 Å². The van der Waals surface area contributed by atoms with Gasteiger partial charge in [-0.3, -0.25) is 9.69 Å². The van der Waals surface area contributed by atoms with Crippen LogP contribution in [0.25, 0.3) is 0 Å². The second kappa shape index (κ2) is 8.79. The van der Waals surface area contributed by atoms with Crippen molar-refractivity contribution in [3.8, 4) is 5.75 Å². The molecule has 4 heteroatoms. The Kier molecular flexibility index (Phi) is 6.72. The van der Waals surface area contributed by atoms with Gasteiger partial charge in [0.25, 0.3) is 0 Å². The molecule has 0 unspecified atom stereocenters. The van der Waals surface area contributed by atoms with Crippen molar-refractivity contribution in [2.75, 3.05) is 26.7 Å². The second-order valence-corrected chi connectivity index (χ2v) is 6.25. The fourth-order valence-electron chi connectivity index (χ4n) is 2.87. The molecule has 4 nitrogen and oxygen atoms in total. The molecule has 0 aliphatic heterocycles. The van der Waals surface area contributed by atoms with Crippen molar-refractivity contribution in [3.63, 3.8) is 0 Å². The summed E-state index contributed by atoms with van der Waals surface area (Å²) in [6, 6.07) is 8.38. The van der Waals surface area contributed by atoms with E-state index in [0.29, 0.717) is 19.2 Å². The number of rotatable bonds is 7. The average molecular weight is 304 g/mol. The quantitative estimate of drug-likeness (QED) is 0.842. The van der Waals surface area contributed by atoms with Crippen LogP contribution in [0.15, 0.2) is 24.3 Å². The monoisotopic (exact) mass is 304 g/mol. The van der Waals surface area contributed by atoms with Crippen molar-refractivity contribution in [3.05, 3.63) is 29.8 Å². The van der Waals surface area contributed by atoms with Gasteiger partial charge in [-0.1, -0.05) is 37.5 Å². The lowest BCUT2D eigenvalue weighted by Gasteiger charge is -2.24. The molecular weight excluding hydrogens is 276 g/mol. The normalized spacial score (nSPS) is 15.8. The van der Waals surface area contributed by atoms with Crippen LogP contribution in [0.2, 0.25) is 0 Å². The Morgan fingerprint density at radius 2 is 2.00 bits per heavy atom. The Morgan fingerprint density at radius 1 is 1.27 bits per heavy atom. The molecule has 1 amide bonds. The summed E-state index contributed by atoms with van der Waals surface area (Å²) in [5.74, 6) is 1.05. The van der Waals surface area contributed by atoms with Crippen LogP contribution in [0.5, 0.6) is 5.75 Å². The van der Waals surface area contributed by atoms with Gasteiger partial charge in [-0.2, -0.15) is 0 Å². The Labute approximate surface area is 133 Å². The van der Waals surface area contributed by atoms with Crippen LogP contribution in [-0.4, -0.2) is 43.6 Å². The Bertz CT molecular complexity index is 470. The van der Waals surface area contributed by atoms with Crippen LogP contribution in [0, 0.1) is 6.92 Å². The summed E-state index contributed by atoms with van der Waals surface area (Å²) >= 11 is 0. The molecule has 1 aliphatic carbocycles. The van der Waals surface area contributed by atoms with Crippen LogP contribution in [0.1, 0.15) is 37.7 Å². The molecule has 0 bridgehead atoms. The molecule has 0 saturated heterocycles. The van der Waals surface area contributed by atoms with Gasteiger partial charge in [0, 0.05) is 12.6 Å². The molecule has 1 fully saturated rings. The highest BCUT2D eigenvalue weighted by molar-refractivity contribution is 5.78. The second-order valence-electron chi connectivity index (χ2n) is 6.25. The molecule has 1 N–H and O–H groups in total. The number of likely N-dealkylation sites (N-methyl/N-ethyl adjacent to an activating group) is 1. The minimum absolute atomic E-state index is 0.130. The molecular formula is C18H28N2O2. The van der Waals surface area contributed by atoms with E-state index in [-0.39, 0.29) is 5.91 Å². The van der Waals surface area contributed by atoms with Crippen LogP contribution in [0.3, 0.4) is 0 Å². The minimum atomic E-state index is 0.130. The topological polar surface area (TPSA) is 41.6 Å². The molecule has 2 rings (SSSR count). The number of amides is 1. The van der Waals surface area contributed by atoms with Gasteiger partial charge in [-0.05, 0) is 38.4 Å². The van der Waals surface area contributed by atoms with Crippen LogP contribution in [-0.2, 0) is 4.79 Å². The predicted molar refractivity (Wildman–Crippen MR) is 89.2 cm³/mol. The third-order valence-corrected chi connectivity index (χ3v) is 4.21. The van der Waals surface area contributed by atoms with E-state index < -0.39 is 0 Å². The summed E-state index contributed by atoms with van der Waals surface area (Å²) in [4.78, 5) is 14.0. The summed E-state index contributed by atoms with van der Waals surface area (Å²) in [6.07, 6.45) is 6.05. The molecule has 1 saturated carbocycles. The lowest BCUT2D eigenvalue weighted by atomic mass is 9.95. The van der Waals surface area contributed by atoms with Gasteiger partial charge in [0.1, 0.15) is 12.4 Å². The summed E-state index contributed by atoms with van der Waals surface area (Å²) in [6.45, 7) is 3.81. The summed E-state index contributed by atoms with van der Waals surface area (Å²) < 4.78 is 5.77. The number of benzene rings is 1. The van der Waals surface area contributed by atoms with Crippen molar-refractivity contribution < 1.29 is 9.53 Å². The Balaban J connectivity index is 1.63. The first kappa shape index (κ1) is 16.8. The van der Waals surface area contributed by atoms with E-state index in [1.807, 2.05) is 43.1 Å². The molecule has 1 aliphatic rings. The van der Waals surface area contributed by atoms with Crippen molar-refractivity contribution in [1.82, 2.24) is 10.2 Å². The van der Waals surface area contributed by atoms with Crippen molar-refractivity contribution in [1.29, 1.82) is 0 Å². The van der Waals surface area contributed by atoms with Gasteiger partial charge in [0.15, 0.2) is 0 Å². The summed E-state index contributed by atoms with van der Waals surface area (Å²) in [5.41, 5.74) is 1.14. The lowest BCUT2D eigenvalue weighted by molar-refractivity contribution is -0.122. The summed E-state index contributed by atoms with van der Waals surface area (Å²) in [7, 11) is 1.96. The van der Waals surface area contributed by atoms with E-state index in [4.69, 9.17) is 4.74 Å². The van der Waals surface area contributed by atoms with E-state index in [9.17, 15) is 4.79 Å². The number of nitrogens with zero attached hydrogens (tertiary/aromatic N) is 1. The molecule has 122 valence electrons.